The summed E-state index contributed by atoms with van der Waals surface area (Å²) < 4.78 is 2.07. The molecule has 3 aromatic heterocycles. The molecule has 1 atom stereocenters. The number of pyridine rings is 2. The molecule has 1 aliphatic heterocycles. The Kier molecular flexibility index (Phi) is 5.04. The molecule has 0 aromatic carbocycles. The highest BCUT2D eigenvalue weighted by Crippen LogP contribution is 2.45. The third-order valence-corrected chi connectivity index (χ3v) is 5.97. The molecule has 0 saturated heterocycles. The number of aldehydes is 1. The number of fused-ring (bicyclic) bond motifs is 2. The van der Waals surface area contributed by atoms with E-state index in [1.54, 1.807) is 12.4 Å². The average Bonchev–Trinajstić information content (AvgIpc) is 3.47. The quantitative estimate of drug-likeness (QED) is 0.437. The summed E-state index contributed by atoms with van der Waals surface area (Å²) in [6.45, 7) is 1.29. The lowest BCUT2D eigenvalue weighted by atomic mass is 10.3. The molecule has 156 valence electrons. The van der Waals surface area contributed by atoms with Crippen molar-refractivity contribution in [3.05, 3.63) is 41.6 Å². The standard InChI is InChI=1S/C21H23ClN6O2/c22-14-9-16-21(24-10-14)26(7-1-2-8-29)19(25-16)12-27-18-11-23-6-5-17(18)28(15-3-4-15)20(27)13-30/h5-6,9-11,13,15,20,29H,1-4,7-8,12H2. The van der Waals surface area contributed by atoms with Gasteiger partial charge in [-0.1, -0.05) is 11.6 Å². The molecule has 1 unspecified atom stereocenters. The smallest absolute Gasteiger partial charge is 0.163 e. The van der Waals surface area contributed by atoms with Crippen LogP contribution in [-0.2, 0) is 17.9 Å². The number of halogens is 1. The number of aryl methyl sites for hydroxylation is 1. The van der Waals surface area contributed by atoms with Gasteiger partial charge in [-0.15, -0.1) is 0 Å². The molecule has 0 bridgehead atoms. The first-order valence-corrected chi connectivity index (χ1v) is 10.6. The largest absolute Gasteiger partial charge is 0.396 e. The summed E-state index contributed by atoms with van der Waals surface area (Å²) in [5.41, 5.74) is 3.49. The van der Waals surface area contributed by atoms with Gasteiger partial charge < -0.3 is 19.5 Å². The molecule has 3 aromatic rings. The number of nitrogens with zero attached hydrogens (tertiary/aromatic N) is 6. The van der Waals surface area contributed by atoms with E-state index in [-0.39, 0.29) is 12.8 Å². The van der Waals surface area contributed by atoms with E-state index in [9.17, 15) is 9.90 Å². The van der Waals surface area contributed by atoms with Gasteiger partial charge in [0, 0.05) is 31.6 Å². The first-order chi connectivity index (χ1) is 14.7. The number of aliphatic hydroxyl groups excluding tert-OH is 1. The lowest BCUT2D eigenvalue weighted by molar-refractivity contribution is -0.108. The van der Waals surface area contributed by atoms with Crippen LogP contribution < -0.4 is 9.80 Å². The Labute approximate surface area is 179 Å². The summed E-state index contributed by atoms with van der Waals surface area (Å²) in [7, 11) is 0. The van der Waals surface area contributed by atoms with Gasteiger partial charge in [0.2, 0.25) is 0 Å². The number of unbranched alkanes of at least 4 members (excludes halogenated alkanes) is 1. The summed E-state index contributed by atoms with van der Waals surface area (Å²) in [6.07, 6.45) is 9.56. The van der Waals surface area contributed by atoms with Crippen molar-refractivity contribution in [2.75, 3.05) is 16.4 Å². The van der Waals surface area contributed by atoms with Crippen molar-refractivity contribution in [2.45, 2.75) is 51.0 Å². The van der Waals surface area contributed by atoms with E-state index >= 15 is 0 Å². The predicted octanol–water partition coefficient (Wildman–Crippen LogP) is 2.77. The number of hydrogen-bond donors (Lipinski definition) is 1. The molecule has 1 N–H and O–H groups in total. The first-order valence-electron chi connectivity index (χ1n) is 10.3. The van der Waals surface area contributed by atoms with Crippen LogP contribution in [0.1, 0.15) is 31.5 Å². The van der Waals surface area contributed by atoms with E-state index < -0.39 is 0 Å². The van der Waals surface area contributed by atoms with Gasteiger partial charge in [-0.3, -0.25) is 9.78 Å². The molecule has 5 rings (SSSR count). The fourth-order valence-electron chi connectivity index (χ4n) is 4.26. The molecule has 0 radical (unpaired) electrons. The van der Waals surface area contributed by atoms with Crippen LogP contribution in [0.2, 0.25) is 5.02 Å². The first kappa shape index (κ1) is 19.3. The zero-order chi connectivity index (χ0) is 20.7. The topological polar surface area (TPSA) is 87.4 Å². The third-order valence-electron chi connectivity index (χ3n) is 5.76. The van der Waals surface area contributed by atoms with Gasteiger partial charge in [-0.25, -0.2) is 9.97 Å². The van der Waals surface area contributed by atoms with Crippen LogP contribution in [0.3, 0.4) is 0 Å². The number of hydrogen-bond acceptors (Lipinski definition) is 7. The molecular formula is C21H23ClN6O2. The fourth-order valence-corrected chi connectivity index (χ4v) is 4.41. The Morgan fingerprint density at radius 1 is 1.23 bits per heavy atom. The summed E-state index contributed by atoms with van der Waals surface area (Å²) in [5, 5.41) is 9.73. The summed E-state index contributed by atoms with van der Waals surface area (Å²) >= 11 is 6.13. The number of carbonyl (C=O) groups is 1. The van der Waals surface area contributed by atoms with E-state index in [0.717, 1.165) is 53.9 Å². The number of carbonyl (C=O) groups excluding carboxylic acids is 1. The zero-order valence-electron chi connectivity index (χ0n) is 16.5. The summed E-state index contributed by atoms with van der Waals surface area (Å²) in [6, 6.07) is 4.19. The number of aromatic nitrogens is 4. The molecule has 9 heteroatoms. The second kappa shape index (κ2) is 7.85. The highest BCUT2D eigenvalue weighted by molar-refractivity contribution is 6.31. The van der Waals surface area contributed by atoms with E-state index in [1.807, 2.05) is 18.3 Å². The third kappa shape index (κ3) is 3.30. The maximum absolute atomic E-state index is 12.1. The average molecular weight is 427 g/mol. The lowest BCUT2D eigenvalue weighted by Crippen LogP contribution is -2.45. The van der Waals surface area contributed by atoms with Gasteiger partial charge >= 0.3 is 0 Å². The Hall–Kier alpha value is -2.71. The van der Waals surface area contributed by atoms with Crippen molar-refractivity contribution in [1.82, 2.24) is 19.5 Å². The maximum atomic E-state index is 12.1. The summed E-state index contributed by atoms with van der Waals surface area (Å²) in [5.74, 6) is 0.817. The van der Waals surface area contributed by atoms with Crippen LogP contribution >= 0.6 is 11.6 Å². The SMILES string of the molecule is O=CC1N(Cc2nc3cc(Cl)cnc3n2CCCCO)c2cnccc2N1C1CC1. The van der Waals surface area contributed by atoms with Gasteiger partial charge in [-0.05, 0) is 37.8 Å². The minimum Gasteiger partial charge on any atom is -0.396 e. The number of imidazole rings is 1. The normalized spacial score (nSPS) is 18.3. The van der Waals surface area contributed by atoms with Crippen LogP contribution in [0.5, 0.6) is 0 Å². The van der Waals surface area contributed by atoms with Crippen LogP contribution in [0, 0.1) is 0 Å². The Bertz CT molecular complexity index is 1080. The molecule has 30 heavy (non-hydrogen) atoms. The lowest BCUT2D eigenvalue weighted by Gasteiger charge is -2.28. The van der Waals surface area contributed by atoms with Gasteiger partial charge in [0.15, 0.2) is 18.1 Å². The Morgan fingerprint density at radius 2 is 2.10 bits per heavy atom. The number of anilines is 2. The summed E-state index contributed by atoms with van der Waals surface area (Å²) in [4.78, 5) is 30.0. The maximum Gasteiger partial charge on any atom is 0.163 e. The van der Waals surface area contributed by atoms with Crippen molar-refractivity contribution < 1.29 is 9.90 Å². The second-order valence-electron chi connectivity index (χ2n) is 7.79. The molecule has 0 amide bonds. The number of aliphatic hydroxyl groups is 1. The highest BCUT2D eigenvalue weighted by Gasteiger charge is 2.43. The molecule has 1 saturated carbocycles. The van der Waals surface area contributed by atoms with Crippen LogP contribution in [0.25, 0.3) is 11.2 Å². The Balaban J connectivity index is 1.54. The van der Waals surface area contributed by atoms with Crippen molar-refractivity contribution >= 4 is 40.4 Å². The van der Waals surface area contributed by atoms with Gasteiger partial charge in [0.05, 0.1) is 29.1 Å². The Morgan fingerprint density at radius 3 is 2.87 bits per heavy atom. The van der Waals surface area contributed by atoms with Gasteiger partial charge in [0.25, 0.3) is 0 Å². The van der Waals surface area contributed by atoms with E-state index in [4.69, 9.17) is 16.6 Å². The second-order valence-corrected chi connectivity index (χ2v) is 8.22. The molecular weight excluding hydrogens is 404 g/mol. The van der Waals surface area contributed by atoms with Crippen LogP contribution in [0.4, 0.5) is 11.4 Å². The minimum absolute atomic E-state index is 0.149. The van der Waals surface area contributed by atoms with Gasteiger partial charge in [-0.2, -0.15) is 0 Å². The van der Waals surface area contributed by atoms with E-state index in [2.05, 4.69) is 24.3 Å². The van der Waals surface area contributed by atoms with Crippen LogP contribution in [0.15, 0.2) is 30.7 Å². The molecule has 2 aliphatic rings. The monoisotopic (exact) mass is 426 g/mol. The van der Waals surface area contributed by atoms with Crippen molar-refractivity contribution in [2.24, 2.45) is 0 Å². The molecule has 0 spiro atoms. The minimum atomic E-state index is -0.376. The van der Waals surface area contributed by atoms with Crippen molar-refractivity contribution in [3.8, 4) is 0 Å². The molecule has 1 aliphatic carbocycles. The highest BCUT2D eigenvalue weighted by atomic mass is 35.5. The van der Waals surface area contributed by atoms with Crippen molar-refractivity contribution in [1.29, 1.82) is 0 Å². The molecule has 8 nitrogen and oxygen atoms in total. The molecule has 1 fully saturated rings. The van der Waals surface area contributed by atoms with Gasteiger partial charge in [0.1, 0.15) is 11.3 Å². The van der Waals surface area contributed by atoms with Crippen LogP contribution in [-0.4, -0.2) is 49.7 Å². The zero-order valence-corrected chi connectivity index (χ0v) is 17.2. The predicted molar refractivity (Wildman–Crippen MR) is 115 cm³/mol. The van der Waals surface area contributed by atoms with E-state index in [1.165, 1.54) is 0 Å². The number of rotatable bonds is 8. The van der Waals surface area contributed by atoms with Crippen molar-refractivity contribution in [3.63, 3.8) is 0 Å². The fraction of sp³-hybridized carbons (Fsp3) is 0.429. The molecule has 4 heterocycles. The van der Waals surface area contributed by atoms with E-state index in [0.29, 0.717) is 30.6 Å².